The fourth-order valence-corrected chi connectivity index (χ4v) is 6.91. The quantitative estimate of drug-likeness (QED) is 0.423. The van der Waals surface area contributed by atoms with E-state index in [-0.39, 0.29) is 68.7 Å². The third-order valence-corrected chi connectivity index (χ3v) is 9.74. The van der Waals surface area contributed by atoms with Gasteiger partial charge in [0.25, 0.3) is 5.56 Å². The Kier molecular flexibility index (Phi) is 7.68. The van der Waals surface area contributed by atoms with Crippen LogP contribution >= 0.6 is 11.6 Å². The zero-order valence-corrected chi connectivity index (χ0v) is 25.4. The molecule has 1 aromatic carbocycles. The number of aromatic nitrogens is 3. The molecule has 15 heteroatoms. The third-order valence-electron chi connectivity index (χ3n) is 9.46. The van der Waals surface area contributed by atoms with Crippen molar-refractivity contribution in [2.75, 3.05) is 26.2 Å². The number of rotatable bonds is 5. The van der Waals surface area contributed by atoms with Gasteiger partial charge in [-0.2, -0.15) is 13.2 Å². The van der Waals surface area contributed by atoms with Gasteiger partial charge in [-0.1, -0.05) is 30.7 Å². The lowest BCUT2D eigenvalue weighted by molar-refractivity contribution is -0.165. The van der Waals surface area contributed by atoms with Crippen LogP contribution in [0.1, 0.15) is 44.7 Å². The molecule has 1 saturated carbocycles. The molecule has 3 aliphatic rings. The largest absolute Gasteiger partial charge is 0.465 e. The fraction of sp³-hybridized carbons (Fsp3) is 0.533. The van der Waals surface area contributed by atoms with Gasteiger partial charge in [-0.3, -0.25) is 23.6 Å². The number of hydrogen-bond donors (Lipinski definition) is 2. The van der Waals surface area contributed by atoms with E-state index in [2.05, 4.69) is 4.98 Å². The second kappa shape index (κ2) is 11.0. The number of aliphatic hydroxyl groups is 1. The molecule has 3 fully saturated rings. The number of carbonyl (C=O) groups is 2. The molecule has 45 heavy (non-hydrogen) atoms. The highest BCUT2D eigenvalue weighted by Crippen LogP contribution is 2.61. The molecular formula is C30H33ClF3N5O6. The van der Waals surface area contributed by atoms with Crippen molar-refractivity contribution in [2.24, 2.45) is 11.3 Å². The number of morpholine rings is 1. The summed E-state index contributed by atoms with van der Waals surface area (Å²) in [6.07, 6.45) is -4.41. The fourth-order valence-electron chi connectivity index (χ4n) is 6.62. The number of carbonyl (C=O) groups excluding carboxylic acids is 1. The van der Waals surface area contributed by atoms with Crippen LogP contribution in [0, 0.1) is 11.3 Å². The molecule has 2 aromatic heterocycles. The highest BCUT2D eigenvalue weighted by molar-refractivity contribution is 6.31. The Morgan fingerprint density at radius 2 is 1.84 bits per heavy atom. The van der Waals surface area contributed by atoms with Gasteiger partial charge < -0.3 is 19.8 Å². The summed E-state index contributed by atoms with van der Waals surface area (Å²) in [4.78, 5) is 45.3. The lowest BCUT2D eigenvalue weighted by Gasteiger charge is -2.39. The number of piperidine rings is 1. The summed E-state index contributed by atoms with van der Waals surface area (Å²) < 4.78 is 48.0. The van der Waals surface area contributed by atoms with Gasteiger partial charge in [0.2, 0.25) is 5.91 Å². The Labute approximate surface area is 260 Å². The molecule has 4 heterocycles. The van der Waals surface area contributed by atoms with Crippen molar-refractivity contribution in [3.05, 3.63) is 57.7 Å². The van der Waals surface area contributed by atoms with Crippen LogP contribution in [0.4, 0.5) is 18.0 Å². The predicted octanol–water partition coefficient (Wildman–Crippen LogP) is 4.22. The topological polar surface area (TPSA) is 130 Å². The van der Waals surface area contributed by atoms with Crippen molar-refractivity contribution in [2.45, 2.75) is 63.6 Å². The molecule has 4 atom stereocenters. The van der Waals surface area contributed by atoms with E-state index in [1.165, 1.54) is 33.7 Å². The average molecular weight is 652 g/mol. The van der Waals surface area contributed by atoms with E-state index in [1.54, 1.807) is 28.8 Å². The van der Waals surface area contributed by atoms with Crippen LogP contribution in [-0.2, 0) is 16.1 Å². The van der Waals surface area contributed by atoms with Gasteiger partial charge in [0.1, 0.15) is 11.5 Å². The molecule has 242 valence electrons. The summed E-state index contributed by atoms with van der Waals surface area (Å²) in [5.41, 5.74) is -1.63. The number of hydrogen-bond acceptors (Lipinski definition) is 6. The minimum absolute atomic E-state index is 0.0777. The number of amides is 2. The Morgan fingerprint density at radius 3 is 2.44 bits per heavy atom. The number of halogens is 4. The van der Waals surface area contributed by atoms with Crippen LogP contribution in [0.15, 0.2) is 41.5 Å². The van der Waals surface area contributed by atoms with Gasteiger partial charge >= 0.3 is 12.3 Å². The molecule has 6 rings (SSSR count). The summed E-state index contributed by atoms with van der Waals surface area (Å²) in [6, 6.07) is 8.07. The SMILES string of the molecule is C[C@@H]1CN(C(=O)O)[C@@H](c2ccc(-n3c(Cl)cc4c(=O)n(CC5(O)CCN(C(=O)[C@@]6(C)C[C@@H]6C(F)(F)F)CC5)cnc43)cc2)CO1. The highest BCUT2D eigenvalue weighted by atomic mass is 35.5. The van der Waals surface area contributed by atoms with Gasteiger partial charge in [0.15, 0.2) is 5.65 Å². The van der Waals surface area contributed by atoms with Crippen LogP contribution in [0.2, 0.25) is 5.15 Å². The van der Waals surface area contributed by atoms with E-state index in [9.17, 15) is 37.8 Å². The van der Waals surface area contributed by atoms with Crippen molar-refractivity contribution in [1.29, 1.82) is 0 Å². The predicted molar refractivity (Wildman–Crippen MR) is 156 cm³/mol. The van der Waals surface area contributed by atoms with Crippen molar-refractivity contribution in [3.8, 4) is 5.69 Å². The molecule has 2 saturated heterocycles. The number of ether oxygens (including phenoxy) is 1. The maximum absolute atomic E-state index is 13.5. The summed E-state index contributed by atoms with van der Waals surface area (Å²) in [7, 11) is 0. The summed E-state index contributed by atoms with van der Waals surface area (Å²) in [5.74, 6) is -2.21. The van der Waals surface area contributed by atoms with E-state index >= 15 is 0 Å². The van der Waals surface area contributed by atoms with E-state index < -0.39 is 46.7 Å². The van der Waals surface area contributed by atoms with Crippen LogP contribution in [0.5, 0.6) is 0 Å². The van der Waals surface area contributed by atoms with Crippen molar-refractivity contribution < 1.29 is 37.7 Å². The van der Waals surface area contributed by atoms with Gasteiger partial charge in [-0.25, -0.2) is 9.78 Å². The Hall–Kier alpha value is -3.62. The van der Waals surface area contributed by atoms with Crippen LogP contribution < -0.4 is 5.56 Å². The second-order valence-corrected chi connectivity index (χ2v) is 13.0. The van der Waals surface area contributed by atoms with Crippen molar-refractivity contribution in [1.82, 2.24) is 23.9 Å². The minimum Gasteiger partial charge on any atom is -0.465 e. The van der Waals surface area contributed by atoms with E-state index in [0.29, 0.717) is 11.3 Å². The Morgan fingerprint density at radius 1 is 1.18 bits per heavy atom. The summed E-state index contributed by atoms with van der Waals surface area (Å²) >= 11 is 6.55. The average Bonchev–Trinajstić information content (AvgIpc) is 3.59. The monoisotopic (exact) mass is 651 g/mol. The number of alkyl halides is 3. The van der Waals surface area contributed by atoms with Crippen LogP contribution in [0.3, 0.4) is 0 Å². The van der Waals surface area contributed by atoms with Gasteiger partial charge in [-0.15, -0.1) is 0 Å². The standard InChI is InChI=1S/C30H33ClF3N5O6/c1-17-13-38(27(42)43)21(14-45-17)18-3-5-19(6-4-18)39-23(31)11-20-24(39)35-16-37(25(20)40)15-29(44)7-9-36(10-8-29)26(41)28(2)12-22(28)30(32,33)34/h3-6,11,16-17,21-22,44H,7-10,12-15H2,1-2H3,(H,42,43)/t17-,21-,22+,28+/m1/s1. The lowest BCUT2D eigenvalue weighted by atomic mass is 9.90. The van der Waals surface area contributed by atoms with Gasteiger partial charge in [0, 0.05) is 18.8 Å². The van der Waals surface area contributed by atoms with E-state index in [1.807, 2.05) is 6.92 Å². The van der Waals surface area contributed by atoms with Crippen LogP contribution in [0.25, 0.3) is 16.7 Å². The molecule has 0 bridgehead atoms. The normalized spacial score (nSPS) is 26.7. The molecule has 2 N–H and O–H groups in total. The smallest absolute Gasteiger partial charge is 0.407 e. The molecule has 0 spiro atoms. The Bertz CT molecular complexity index is 1700. The number of nitrogens with zero attached hydrogens (tertiary/aromatic N) is 5. The first-order valence-electron chi connectivity index (χ1n) is 14.7. The molecule has 0 unspecified atom stereocenters. The van der Waals surface area contributed by atoms with Crippen molar-refractivity contribution >= 4 is 34.6 Å². The lowest BCUT2D eigenvalue weighted by Crippen LogP contribution is -2.51. The van der Waals surface area contributed by atoms with Crippen LogP contribution in [-0.4, -0.2) is 90.3 Å². The molecule has 0 radical (unpaired) electrons. The highest BCUT2D eigenvalue weighted by Gasteiger charge is 2.68. The first kappa shape index (κ1) is 31.4. The zero-order chi connectivity index (χ0) is 32.5. The first-order valence-corrected chi connectivity index (χ1v) is 15.1. The minimum atomic E-state index is -4.42. The third kappa shape index (κ3) is 5.67. The maximum Gasteiger partial charge on any atom is 0.407 e. The molecule has 2 amide bonds. The number of likely N-dealkylation sites (tertiary alicyclic amines) is 1. The van der Waals surface area contributed by atoms with Gasteiger partial charge in [0.05, 0.1) is 54.2 Å². The van der Waals surface area contributed by atoms with E-state index in [0.717, 1.165) is 5.56 Å². The number of carboxylic acid groups (broad SMARTS) is 1. The number of benzene rings is 1. The summed E-state index contributed by atoms with van der Waals surface area (Å²) in [6.45, 7) is 3.66. The molecular weight excluding hydrogens is 619 g/mol. The second-order valence-electron chi connectivity index (χ2n) is 12.6. The molecule has 1 aliphatic carbocycles. The summed E-state index contributed by atoms with van der Waals surface area (Å²) in [5, 5.41) is 21.4. The first-order chi connectivity index (χ1) is 21.1. The zero-order valence-electron chi connectivity index (χ0n) is 24.6. The maximum atomic E-state index is 13.5. The Balaban J connectivity index is 1.17. The van der Waals surface area contributed by atoms with Crippen molar-refractivity contribution in [3.63, 3.8) is 0 Å². The van der Waals surface area contributed by atoms with E-state index in [4.69, 9.17) is 16.3 Å². The molecule has 3 aromatic rings. The molecule has 2 aliphatic heterocycles. The molecule has 11 nitrogen and oxygen atoms in total. The number of fused-ring (bicyclic) bond motifs is 1. The van der Waals surface area contributed by atoms with Gasteiger partial charge in [-0.05, 0) is 49.9 Å².